The minimum Gasteiger partial charge on any atom is -0.380 e. The van der Waals surface area contributed by atoms with Crippen LogP contribution in [0.1, 0.15) is 44.1 Å². The molecule has 0 aromatic heterocycles. The predicted octanol–water partition coefficient (Wildman–Crippen LogP) is 2.07. The van der Waals surface area contributed by atoms with Crippen LogP contribution in [0.15, 0.2) is 30.3 Å². The number of likely N-dealkylation sites (tertiary alicyclic amines) is 1. The fraction of sp³-hybridized carbons (Fsp3) is 0.611. The van der Waals surface area contributed by atoms with E-state index in [1.54, 1.807) is 0 Å². The molecule has 1 aromatic carbocycles. The third-order valence-electron chi connectivity index (χ3n) is 5.08. The number of amides is 1. The van der Waals surface area contributed by atoms with Gasteiger partial charge in [0.25, 0.3) is 5.91 Å². The number of hydrogen-bond donors (Lipinski definition) is 2. The summed E-state index contributed by atoms with van der Waals surface area (Å²) < 4.78 is 0. The maximum Gasteiger partial charge on any atom is 0.252 e. The number of benzene rings is 1. The number of carbonyl (C=O) groups is 1. The first-order valence-corrected chi connectivity index (χ1v) is 8.46. The van der Waals surface area contributed by atoms with Crippen LogP contribution < -0.4 is 5.32 Å². The van der Waals surface area contributed by atoms with Crippen LogP contribution in [-0.4, -0.2) is 40.6 Å². The van der Waals surface area contributed by atoms with E-state index < -0.39 is 5.60 Å². The van der Waals surface area contributed by atoms with Crippen LogP contribution in [-0.2, 0) is 11.3 Å². The minimum absolute atomic E-state index is 0.170. The van der Waals surface area contributed by atoms with E-state index in [2.05, 4.69) is 34.5 Å². The van der Waals surface area contributed by atoms with Crippen molar-refractivity contribution >= 4 is 5.91 Å². The van der Waals surface area contributed by atoms with Crippen molar-refractivity contribution in [2.24, 2.45) is 0 Å². The molecule has 22 heavy (non-hydrogen) atoms. The lowest BCUT2D eigenvalue weighted by molar-refractivity contribution is -0.139. The topological polar surface area (TPSA) is 52.6 Å². The number of aliphatic hydroxyl groups is 1. The zero-order valence-corrected chi connectivity index (χ0v) is 13.1. The summed E-state index contributed by atoms with van der Waals surface area (Å²) in [6.07, 6.45) is 5.42. The molecule has 4 heteroatoms. The standard InChI is InChI=1S/C18H26N2O2/c21-17(18(22)10-4-5-11-18)19-13-16-9-6-12-20(16)14-15-7-2-1-3-8-15/h1-3,7-8,16,22H,4-6,9-14H2,(H,19,21). The summed E-state index contributed by atoms with van der Waals surface area (Å²) in [6.45, 7) is 2.67. The summed E-state index contributed by atoms with van der Waals surface area (Å²) in [4.78, 5) is 14.6. The highest BCUT2D eigenvalue weighted by Crippen LogP contribution is 2.29. The van der Waals surface area contributed by atoms with E-state index >= 15 is 0 Å². The van der Waals surface area contributed by atoms with Gasteiger partial charge in [-0.1, -0.05) is 30.3 Å². The molecule has 1 heterocycles. The van der Waals surface area contributed by atoms with E-state index in [9.17, 15) is 9.90 Å². The number of carbonyl (C=O) groups excluding carboxylic acids is 1. The lowest BCUT2D eigenvalue weighted by Gasteiger charge is -2.27. The van der Waals surface area contributed by atoms with Gasteiger partial charge in [0.05, 0.1) is 0 Å². The van der Waals surface area contributed by atoms with E-state index in [1.807, 2.05) is 6.07 Å². The van der Waals surface area contributed by atoms with Crippen LogP contribution in [0, 0.1) is 0 Å². The zero-order valence-electron chi connectivity index (χ0n) is 13.1. The number of nitrogens with one attached hydrogen (secondary N) is 1. The van der Waals surface area contributed by atoms with Crippen molar-refractivity contribution in [2.45, 2.75) is 56.7 Å². The Bertz CT molecular complexity index is 497. The molecule has 1 aliphatic carbocycles. The average molecular weight is 302 g/mol. The molecule has 1 unspecified atom stereocenters. The highest BCUT2D eigenvalue weighted by Gasteiger charge is 2.39. The third-order valence-corrected chi connectivity index (χ3v) is 5.08. The Morgan fingerprint density at radius 1 is 1.23 bits per heavy atom. The predicted molar refractivity (Wildman–Crippen MR) is 86.3 cm³/mol. The summed E-state index contributed by atoms with van der Waals surface area (Å²) in [5, 5.41) is 13.3. The van der Waals surface area contributed by atoms with Gasteiger partial charge in [-0.05, 0) is 50.6 Å². The largest absolute Gasteiger partial charge is 0.380 e. The molecule has 1 saturated heterocycles. The Morgan fingerprint density at radius 2 is 1.95 bits per heavy atom. The van der Waals surface area contributed by atoms with Gasteiger partial charge in [0, 0.05) is 19.1 Å². The monoisotopic (exact) mass is 302 g/mol. The maximum absolute atomic E-state index is 12.2. The normalized spacial score (nSPS) is 24.5. The van der Waals surface area contributed by atoms with Gasteiger partial charge in [-0.2, -0.15) is 0 Å². The molecule has 0 radical (unpaired) electrons. The second-order valence-corrected chi connectivity index (χ2v) is 6.70. The smallest absolute Gasteiger partial charge is 0.252 e. The van der Waals surface area contributed by atoms with Gasteiger partial charge >= 0.3 is 0 Å². The summed E-state index contributed by atoms with van der Waals surface area (Å²) in [5.41, 5.74) is 0.207. The van der Waals surface area contributed by atoms with Gasteiger partial charge in [0.1, 0.15) is 5.60 Å². The summed E-state index contributed by atoms with van der Waals surface area (Å²) >= 11 is 0. The van der Waals surface area contributed by atoms with E-state index in [0.29, 0.717) is 25.4 Å². The molecule has 1 amide bonds. The summed E-state index contributed by atoms with van der Waals surface area (Å²) in [5.74, 6) is -0.170. The van der Waals surface area contributed by atoms with Crippen molar-refractivity contribution < 1.29 is 9.90 Å². The molecule has 2 N–H and O–H groups in total. The fourth-order valence-electron chi connectivity index (χ4n) is 3.71. The molecule has 120 valence electrons. The second kappa shape index (κ2) is 6.80. The van der Waals surface area contributed by atoms with E-state index in [-0.39, 0.29) is 5.91 Å². The molecular weight excluding hydrogens is 276 g/mol. The van der Waals surface area contributed by atoms with Gasteiger partial charge in [0.2, 0.25) is 0 Å². The van der Waals surface area contributed by atoms with Gasteiger partial charge in [-0.25, -0.2) is 0 Å². The van der Waals surface area contributed by atoms with E-state index in [0.717, 1.165) is 32.4 Å². The third kappa shape index (κ3) is 3.50. The molecule has 2 fully saturated rings. The Kier molecular flexibility index (Phi) is 4.79. The molecule has 1 atom stereocenters. The van der Waals surface area contributed by atoms with Crippen LogP contribution in [0.5, 0.6) is 0 Å². The van der Waals surface area contributed by atoms with Crippen LogP contribution in [0.4, 0.5) is 0 Å². The first-order valence-electron chi connectivity index (χ1n) is 8.46. The quantitative estimate of drug-likeness (QED) is 0.875. The van der Waals surface area contributed by atoms with Crippen LogP contribution in [0.3, 0.4) is 0 Å². The van der Waals surface area contributed by atoms with Crippen molar-refractivity contribution in [3.8, 4) is 0 Å². The van der Waals surface area contributed by atoms with Gasteiger partial charge in [-0.15, -0.1) is 0 Å². The van der Waals surface area contributed by atoms with Gasteiger partial charge in [-0.3, -0.25) is 9.69 Å². The Labute approximate surface area is 132 Å². The molecule has 0 bridgehead atoms. The molecule has 2 aliphatic rings. The number of nitrogens with zero attached hydrogens (tertiary/aromatic N) is 1. The van der Waals surface area contributed by atoms with Crippen molar-refractivity contribution in [1.29, 1.82) is 0 Å². The van der Waals surface area contributed by atoms with Gasteiger partial charge < -0.3 is 10.4 Å². The molecule has 4 nitrogen and oxygen atoms in total. The van der Waals surface area contributed by atoms with Crippen molar-refractivity contribution in [2.75, 3.05) is 13.1 Å². The number of hydrogen-bond acceptors (Lipinski definition) is 3. The summed E-state index contributed by atoms with van der Waals surface area (Å²) in [7, 11) is 0. The summed E-state index contributed by atoms with van der Waals surface area (Å²) in [6, 6.07) is 10.8. The van der Waals surface area contributed by atoms with Crippen LogP contribution >= 0.6 is 0 Å². The number of rotatable bonds is 5. The van der Waals surface area contributed by atoms with Crippen LogP contribution in [0.2, 0.25) is 0 Å². The lowest BCUT2D eigenvalue weighted by Crippen LogP contribution is -2.48. The van der Waals surface area contributed by atoms with Crippen molar-refractivity contribution in [1.82, 2.24) is 10.2 Å². The maximum atomic E-state index is 12.2. The molecule has 1 saturated carbocycles. The highest BCUT2D eigenvalue weighted by atomic mass is 16.3. The average Bonchev–Trinajstić information content (AvgIpc) is 3.16. The second-order valence-electron chi connectivity index (χ2n) is 6.70. The van der Waals surface area contributed by atoms with E-state index in [4.69, 9.17) is 0 Å². The highest BCUT2D eigenvalue weighted by molar-refractivity contribution is 5.85. The van der Waals surface area contributed by atoms with Gasteiger partial charge in [0.15, 0.2) is 0 Å². The lowest BCUT2D eigenvalue weighted by atomic mass is 10.0. The first-order chi connectivity index (χ1) is 10.7. The molecule has 1 aromatic rings. The molecule has 0 spiro atoms. The fourth-order valence-corrected chi connectivity index (χ4v) is 3.71. The molecule has 3 rings (SSSR count). The van der Waals surface area contributed by atoms with Crippen molar-refractivity contribution in [3.63, 3.8) is 0 Å². The Morgan fingerprint density at radius 3 is 2.68 bits per heavy atom. The van der Waals surface area contributed by atoms with Crippen LogP contribution in [0.25, 0.3) is 0 Å². The van der Waals surface area contributed by atoms with E-state index in [1.165, 1.54) is 12.0 Å². The molecular formula is C18H26N2O2. The Hall–Kier alpha value is -1.39. The molecule has 1 aliphatic heterocycles. The minimum atomic E-state index is -1.11. The van der Waals surface area contributed by atoms with Crippen molar-refractivity contribution in [3.05, 3.63) is 35.9 Å². The zero-order chi connectivity index (χ0) is 15.4. The SMILES string of the molecule is O=C(NCC1CCCN1Cc1ccccc1)C1(O)CCCC1. The first kappa shape index (κ1) is 15.5. The Balaban J connectivity index is 1.52.